The number of nitrogens with one attached hydrogen (secondary N) is 1. The zero-order chi connectivity index (χ0) is 13.2. The van der Waals surface area contributed by atoms with Crippen molar-refractivity contribution >= 4 is 11.8 Å². The summed E-state index contributed by atoms with van der Waals surface area (Å²) in [5.74, 6) is 0.310. The van der Waals surface area contributed by atoms with Crippen LogP contribution in [0.2, 0.25) is 0 Å². The molecule has 0 aromatic rings. The minimum absolute atomic E-state index is 0.138. The van der Waals surface area contributed by atoms with E-state index < -0.39 is 0 Å². The van der Waals surface area contributed by atoms with E-state index in [4.69, 9.17) is 0 Å². The lowest BCUT2D eigenvalue weighted by atomic mass is 9.98. The molecule has 3 aliphatic rings. The highest BCUT2D eigenvalue weighted by Crippen LogP contribution is 2.23. The minimum Gasteiger partial charge on any atom is -0.332 e. The molecule has 0 spiro atoms. The van der Waals surface area contributed by atoms with E-state index in [0.29, 0.717) is 19.1 Å². The first-order valence-electron chi connectivity index (χ1n) is 7.57. The molecule has 3 rings (SSSR count). The lowest BCUT2D eigenvalue weighted by Crippen LogP contribution is -2.61. The van der Waals surface area contributed by atoms with E-state index in [1.54, 1.807) is 9.80 Å². The molecule has 5 nitrogen and oxygen atoms in total. The van der Waals surface area contributed by atoms with Crippen LogP contribution in [-0.4, -0.2) is 59.9 Å². The molecule has 1 atom stereocenters. The van der Waals surface area contributed by atoms with Crippen molar-refractivity contribution in [2.45, 2.75) is 50.6 Å². The molecule has 2 aliphatic heterocycles. The van der Waals surface area contributed by atoms with Crippen molar-refractivity contribution in [1.29, 1.82) is 0 Å². The average Bonchev–Trinajstić information content (AvgIpc) is 3.24. The second-order valence-electron chi connectivity index (χ2n) is 5.94. The lowest BCUT2D eigenvalue weighted by molar-refractivity contribution is -0.157. The van der Waals surface area contributed by atoms with Crippen molar-refractivity contribution in [2.75, 3.05) is 26.2 Å². The molecule has 0 aromatic heterocycles. The Morgan fingerprint density at radius 3 is 2.79 bits per heavy atom. The maximum atomic E-state index is 12.4. The number of rotatable bonds is 5. The number of hydrogen-bond acceptors (Lipinski definition) is 3. The van der Waals surface area contributed by atoms with Crippen LogP contribution >= 0.6 is 0 Å². The summed E-state index contributed by atoms with van der Waals surface area (Å²) in [6, 6.07) is 0.555. The summed E-state index contributed by atoms with van der Waals surface area (Å²) in [4.78, 5) is 28.0. The van der Waals surface area contributed by atoms with Crippen LogP contribution in [0.1, 0.15) is 38.5 Å². The topological polar surface area (TPSA) is 52.7 Å². The zero-order valence-corrected chi connectivity index (χ0v) is 11.4. The number of fused-ring (bicyclic) bond motifs is 1. The molecule has 2 saturated heterocycles. The Morgan fingerprint density at radius 2 is 2.00 bits per heavy atom. The van der Waals surface area contributed by atoms with Crippen LogP contribution in [0.15, 0.2) is 0 Å². The Morgan fingerprint density at radius 1 is 1.16 bits per heavy atom. The summed E-state index contributed by atoms with van der Waals surface area (Å²) in [7, 11) is 0. The summed E-state index contributed by atoms with van der Waals surface area (Å²) in [6.07, 6.45) is 6.48. The van der Waals surface area contributed by atoms with Crippen molar-refractivity contribution in [1.82, 2.24) is 15.1 Å². The third-order valence-corrected chi connectivity index (χ3v) is 4.36. The maximum Gasteiger partial charge on any atom is 0.245 e. The molecule has 2 amide bonds. The molecule has 1 N–H and O–H groups in total. The highest BCUT2D eigenvalue weighted by atomic mass is 16.2. The van der Waals surface area contributed by atoms with Crippen molar-refractivity contribution in [3.63, 3.8) is 0 Å². The Kier molecular flexibility index (Phi) is 3.73. The van der Waals surface area contributed by atoms with E-state index >= 15 is 0 Å². The lowest BCUT2D eigenvalue weighted by Gasteiger charge is -2.42. The van der Waals surface area contributed by atoms with E-state index in [1.165, 1.54) is 12.8 Å². The first-order valence-corrected chi connectivity index (χ1v) is 7.57. The van der Waals surface area contributed by atoms with Crippen molar-refractivity contribution in [2.24, 2.45) is 0 Å². The second kappa shape index (κ2) is 5.49. The molecule has 1 unspecified atom stereocenters. The van der Waals surface area contributed by atoms with Crippen LogP contribution < -0.4 is 5.32 Å². The second-order valence-corrected chi connectivity index (χ2v) is 5.94. The molecule has 0 aromatic carbocycles. The fraction of sp³-hybridized carbons (Fsp3) is 0.857. The number of carbonyl (C=O) groups is 2. The largest absolute Gasteiger partial charge is 0.332 e. The van der Waals surface area contributed by atoms with Crippen molar-refractivity contribution in [3.8, 4) is 0 Å². The van der Waals surface area contributed by atoms with Gasteiger partial charge in [0.2, 0.25) is 11.8 Å². The first kappa shape index (κ1) is 12.9. The van der Waals surface area contributed by atoms with E-state index in [1.807, 2.05) is 0 Å². The monoisotopic (exact) mass is 265 g/mol. The standard InChI is InChI=1S/C14H23N3O2/c18-13-10-16(8-3-7-15-11-5-6-11)14(19)12-4-1-2-9-17(12)13/h11-12,15H,1-10H2. The van der Waals surface area contributed by atoms with Gasteiger partial charge in [0.1, 0.15) is 6.04 Å². The van der Waals surface area contributed by atoms with Gasteiger partial charge in [-0.3, -0.25) is 9.59 Å². The minimum atomic E-state index is -0.161. The first-order chi connectivity index (χ1) is 9.25. The fourth-order valence-corrected chi connectivity index (χ4v) is 3.08. The molecule has 1 saturated carbocycles. The molecular formula is C14H23N3O2. The van der Waals surface area contributed by atoms with E-state index in [9.17, 15) is 9.59 Å². The molecular weight excluding hydrogens is 242 g/mol. The van der Waals surface area contributed by atoms with Crippen molar-refractivity contribution in [3.05, 3.63) is 0 Å². The SMILES string of the molecule is O=C1C2CCCCN2C(=O)CN1CCCNC1CC1. The predicted octanol–water partition coefficient (Wildman–Crippen LogP) is 0.352. The number of amides is 2. The average molecular weight is 265 g/mol. The van der Waals surface area contributed by atoms with Crippen LogP contribution in [0.25, 0.3) is 0 Å². The summed E-state index contributed by atoms with van der Waals surface area (Å²) in [5.41, 5.74) is 0. The number of carbonyl (C=O) groups excluding carboxylic acids is 2. The van der Waals surface area contributed by atoms with Crippen LogP contribution in [0, 0.1) is 0 Å². The van der Waals surface area contributed by atoms with Gasteiger partial charge in [0.05, 0.1) is 6.54 Å². The molecule has 0 radical (unpaired) electrons. The zero-order valence-electron chi connectivity index (χ0n) is 11.4. The number of hydrogen-bond donors (Lipinski definition) is 1. The summed E-state index contributed by atoms with van der Waals surface area (Å²) < 4.78 is 0. The van der Waals surface area contributed by atoms with Gasteiger partial charge < -0.3 is 15.1 Å². The Labute approximate surface area is 114 Å². The summed E-state index contributed by atoms with van der Waals surface area (Å²) in [5, 5.41) is 3.45. The van der Waals surface area contributed by atoms with Gasteiger partial charge in [0, 0.05) is 19.1 Å². The molecule has 19 heavy (non-hydrogen) atoms. The van der Waals surface area contributed by atoms with Crippen LogP contribution in [-0.2, 0) is 9.59 Å². The Balaban J connectivity index is 1.50. The summed E-state index contributed by atoms with van der Waals surface area (Å²) in [6.45, 7) is 2.73. The molecule has 106 valence electrons. The third-order valence-electron chi connectivity index (χ3n) is 4.36. The third kappa shape index (κ3) is 2.91. The molecule has 0 bridgehead atoms. The van der Waals surface area contributed by atoms with E-state index in [0.717, 1.165) is 38.8 Å². The van der Waals surface area contributed by atoms with Crippen LogP contribution in [0.5, 0.6) is 0 Å². The van der Waals surface area contributed by atoms with Crippen molar-refractivity contribution < 1.29 is 9.59 Å². The maximum absolute atomic E-state index is 12.4. The van der Waals surface area contributed by atoms with Gasteiger partial charge in [-0.1, -0.05) is 0 Å². The van der Waals surface area contributed by atoms with E-state index in [2.05, 4.69) is 5.32 Å². The van der Waals surface area contributed by atoms with Gasteiger partial charge in [-0.05, 0) is 45.1 Å². The van der Waals surface area contributed by atoms with Crippen LogP contribution in [0.3, 0.4) is 0 Å². The van der Waals surface area contributed by atoms with E-state index in [-0.39, 0.29) is 17.9 Å². The quantitative estimate of drug-likeness (QED) is 0.730. The van der Waals surface area contributed by atoms with Gasteiger partial charge >= 0.3 is 0 Å². The highest BCUT2D eigenvalue weighted by molar-refractivity contribution is 5.95. The number of nitrogens with zero attached hydrogens (tertiary/aromatic N) is 2. The van der Waals surface area contributed by atoms with Gasteiger partial charge in [0.25, 0.3) is 0 Å². The molecule has 2 heterocycles. The van der Waals surface area contributed by atoms with Gasteiger partial charge in [-0.15, -0.1) is 0 Å². The van der Waals surface area contributed by atoms with Gasteiger partial charge in [-0.2, -0.15) is 0 Å². The highest BCUT2D eigenvalue weighted by Gasteiger charge is 2.39. The van der Waals surface area contributed by atoms with Gasteiger partial charge in [0.15, 0.2) is 0 Å². The number of piperazine rings is 1. The molecule has 5 heteroatoms. The number of piperidine rings is 1. The predicted molar refractivity (Wildman–Crippen MR) is 71.6 cm³/mol. The molecule has 1 aliphatic carbocycles. The Hall–Kier alpha value is -1.10. The Bertz CT molecular complexity index is 368. The molecule has 3 fully saturated rings. The normalized spacial score (nSPS) is 27.7. The smallest absolute Gasteiger partial charge is 0.245 e. The fourth-order valence-electron chi connectivity index (χ4n) is 3.08. The van der Waals surface area contributed by atoms with Gasteiger partial charge in [-0.25, -0.2) is 0 Å². The summed E-state index contributed by atoms with van der Waals surface area (Å²) >= 11 is 0. The van der Waals surface area contributed by atoms with Crippen LogP contribution in [0.4, 0.5) is 0 Å².